The molecule has 120 valence electrons. The van der Waals surface area contributed by atoms with Crippen LogP contribution in [0.3, 0.4) is 0 Å². The standard InChI is InChI=1S/C17H19N3O3/c1-11-13(18-17(22)14-9-10-16(21)20-19-14)7-4-8-15(11)23-12-5-2-3-6-12/h4,7-10,12H,2-3,5-6H2,1H3,(H,18,22)(H,20,21). The highest BCUT2D eigenvalue weighted by Crippen LogP contribution is 2.30. The van der Waals surface area contributed by atoms with Gasteiger partial charge < -0.3 is 10.1 Å². The van der Waals surface area contributed by atoms with Crippen molar-refractivity contribution in [3.8, 4) is 5.75 Å². The van der Waals surface area contributed by atoms with Gasteiger partial charge in [-0.25, -0.2) is 5.10 Å². The molecule has 0 unspecified atom stereocenters. The van der Waals surface area contributed by atoms with E-state index in [1.165, 1.54) is 25.0 Å². The quantitative estimate of drug-likeness (QED) is 0.909. The summed E-state index contributed by atoms with van der Waals surface area (Å²) in [6.45, 7) is 1.92. The summed E-state index contributed by atoms with van der Waals surface area (Å²) in [4.78, 5) is 23.2. The van der Waals surface area contributed by atoms with Crippen LogP contribution in [-0.2, 0) is 0 Å². The second-order valence-corrected chi connectivity index (χ2v) is 5.71. The van der Waals surface area contributed by atoms with Crippen molar-refractivity contribution in [3.05, 3.63) is 51.9 Å². The fourth-order valence-electron chi connectivity index (χ4n) is 2.72. The minimum Gasteiger partial charge on any atom is -0.490 e. The van der Waals surface area contributed by atoms with E-state index in [9.17, 15) is 9.59 Å². The van der Waals surface area contributed by atoms with Crippen LogP contribution in [0.2, 0.25) is 0 Å². The maximum atomic E-state index is 12.2. The van der Waals surface area contributed by atoms with Crippen molar-refractivity contribution in [1.82, 2.24) is 10.2 Å². The summed E-state index contributed by atoms with van der Waals surface area (Å²) >= 11 is 0. The molecule has 1 fully saturated rings. The maximum absolute atomic E-state index is 12.2. The van der Waals surface area contributed by atoms with Crippen LogP contribution in [-0.4, -0.2) is 22.2 Å². The van der Waals surface area contributed by atoms with Crippen molar-refractivity contribution in [3.63, 3.8) is 0 Å². The summed E-state index contributed by atoms with van der Waals surface area (Å²) in [5.41, 5.74) is 1.38. The van der Waals surface area contributed by atoms with E-state index in [4.69, 9.17) is 4.74 Å². The zero-order valence-electron chi connectivity index (χ0n) is 13.0. The van der Waals surface area contributed by atoms with Gasteiger partial charge in [-0.3, -0.25) is 9.59 Å². The van der Waals surface area contributed by atoms with E-state index >= 15 is 0 Å². The highest BCUT2D eigenvalue weighted by Gasteiger charge is 2.18. The van der Waals surface area contributed by atoms with Crippen molar-refractivity contribution < 1.29 is 9.53 Å². The number of hydrogen-bond acceptors (Lipinski definition) is 4. The van der Waals surface area contributed by atoms with Gasteiger partial charge in [0.05, 0.1) is 6.10 Å². The molecule has 1 aromatic heterocycles. The van der Waals surface area contributed by atoms with Crippen LogP contribution in [0, 0.1) is 6.92 Å². The Labute approximate surface area is 133 Å². The number of carbonyl (C=O) groups excluding carboxylic acids is 1. The maximum Gasteiger partial charge on any atom is 0.276 e. The Hall–Kier alpha value is -2.63. The van der Waals surface area contributed by atoms with E-state index in [0.717, 1.165) is 24.2 Å². The van der Waals surface area contributed by atoms with Gasteiger partial charge in [0.15, 0.2) is 0 Å². The van der Waals surface area contributed by atoms with Crippen LogP contribution < -0.4 is 15.6 Å². The first-order chi connectivity index (χ1) is 11.1. The number of nitrogens with zero attached hydrogens (tertiary/aromatic N) is 1. The average molecular weight is 313 g/mol. The molecule has 1 aliphatic carbocycles. The molecule has 1 aromatic carbocycles. The fraction of sp³-hybridized carbons (Fsp3) is 0.353. The lowest BCUT2D eigenvalue weighted by molar-refractivity contribution is 0.102. The molecule has 0 radical (unpaired) electrons. The monoisotopic (exact) mass is 313 g/mol. The van der Waals surface area contributed by atoms with Crippen molar-refractivity contribution in [1.29, 1.82) is 0 Å². The number of amides is 1. The molecule has 2 N–H and O–H groups in total. The van der Waals surface area contributed by atoms with Gasteiger partial charge in [-0.15, -0.1) is 0 Å². The summed E-state index contributed by atoms with van der Waals surface area (Å²) in [7, 11) is 0. The van der Waals surface area contributed by atoms with E-state index in [2.05, 4.69) is 15.5 Å². The third-order valence-corrected chi connectivity index (χ3v) is 4.04. The highest BCUT2D eigenvalue weighted by atomic mass is 16.5. The molecule has 1 saturated carbocycles. The molecule has 1 aliphatic rings. The SMILES string of the molecule is Cc1c(NC(=O)c2ccc(=O)[nH]n2)cccc1OC1CCCC1. The number of H-pyrrole nitrogens is 1. The highest BCUT2D eigenvalue weighted by molar-refractivity contribution is 6.03. The average Bonchev–Trinajstić information content (AvgIpc) is 3.05. The van der Waals surface area contributed by atoms with Crippen molar-refractivity contribution >= 4 is 11.6 Å². The number of anilines is 1. The van der Waals surface area contributed by atoms with Gasteiger partial charge in [-0.2, -0.15) is 5.10 Å². The van der Waals surface area contributed by atoms with Gasteiger partial charge in [0.1, 0.15) is 11.4 Å². The number of aromatic nitrogens is 2. The number of benzene rings is 1. The lowest BCUT2D eigenvalue weighted by Gasteiger charge is -2.17. The molecule has 6 heteroatoms. The molecule has 0 saturated heterocycles. The Bertz CT molecular complexity index is 743. The smallest absolute Gasteiger partial charge is 0.276 e. The zero-order chi connectivity index (χ0) is 16.2. The molecule has 0 atom stereocenters. The van der Waals surface area contributed by atoms with E-state index in [-0.39, 0.29) is 23.3 Å². The van der Waals surface area contributed by atoms with Gasteiger partial charge in [0.25, 0.3) is 11.5 Å². The van der Waals surface area contributed by atoms with Gasteiger partial charge in [-0.1, -0.05) is 6.07 Å². The second kappa shape index (κ2) is 6.64. The molecule has 0 bridgehead atoms. The topological polar surface area (TPSA) is 84.1 Å². The summed E-state index contributed by atoms with van der Waals surface area (Å²) < 4.78 is 6.04. The van der Waals surface area contributed by atoms with Crippen molar-refractivity contribution in [2.24, 2.45) is 0 Å². The number of hydrogen-bond donors (Lipinski definition) is 2. The molecular weight excluding hydrogens is 294 g/mol. The molecule has 3 rings (SSSR count). The molecule has 1 amide bonds. The third-order valence-electron chi connectivity index (χ3n) is 4.04. The summed E-state index contributed by atoms with van der Waals surface area (Å²) in [6, 6.07) is 8.26. The Balaban J connectivity index is 1.75. The Morgan fingerprint density at radius 3 is 2.74 bits per heavy atom. The van der Waals surface area contributed by atoms with Gasteiger partial charge in [0, 0.05) is 17.3 Å². The molecule has 0 aliphatic heterocycles. The summed E-state index contributed by atoms with van der Waals surface area (Å²) in [6.07, 6.45) is 4.84. The van der Waals surface area contributed by atoms with Crippen LogP contribution >= 0.6 is 0 Å². The summed E-state index contributed by atoms with van der Waals surface area (Å²) in [5, 5.41) is 8.79. The van der Waals surface area contributed by atoms with Crippen molar-refractivity contribution in [2.75, 3.05) is 5.32 Å². The van der Waals surface area contributed by atoms with Gasteiger partial charge in [-0.05, 0) is 50.8 Å². The molecule has 1 heterocycles. The molecule has 6 nitrogen and oxygen atoms in total. The first-order valence-electron chi connectivity index (χ1n) is 7.77. The van der Waals surface area contributed by atoms with Crippen LogP contribution in [0.1, 0.15) is 41.7 Å². The van der Waals surface area contributed by atoms with Crippen LogP contribution in [0.4, 0.5) is 5.69 Å². The predicted molar refractivity (Wildman–Crippen MR) is 86.9 cm³/mol. The second-order valence-electron chi connectivity index (χ2n) is 5.71. The number of aromatic amines is 1. The normalized spacial score (nSPS) is 14.7. The Morgan fingerprint density at radius 2 is 2.04 bits per heavy atom. The minimum absolute atomic E-state index is 0.158. The first-order valence-corrected chi connectivity index (χ1v) is 7.77. The largest absolute Gasteiger partial charge is 0.490 e. The summed E-state index contributed by atoms with van der Waals surface area (Å²) in [5.74, 6) is 0.423. The lowest BCUT2D eigenvalue weighted by atomic mass is 10.1. The van der Waals surface area contributed by atoms with Crippen molar-refractivity contribution in [2.45, 2.75) is 38.7 Å². The van der Waals surface area contributed by atoms with E-state index in [1.807, 2.05) is 25.1 Å². The number of ether oxygens (including phenoxy) is 1. The van der Waals surface area contributed by atoms with Crippen LogP contribution in [0.25, 0.3) is 0 Å². The molecule has 2 aromatic rings. The number of carbonyl (C=O) groups is 1. The van der Waals surface area contributed by atoms with E-state index in [1.54, 1.807) is 0 Å². The molecule has 0 spiro atoms. The number of rotatable bonds is 4. The predicted octanol–water partition coefficient (Wildman–Crippen LogP) is 2.65. The number of nitrogens with one attached hydrogen (secondary N) is 2. The van der Waals surface area contributed by atoms with E-state index < -0.39 is 0 Å². The van der Waals surface area contributed by atoms with Crippen LogP contribution in [0.5, 0.6) is 5.75 Å². The molecule has 23 heavy (non-hydrogen) atoms. The zero-order valence-corrected chi connectivity index (χ0v) is 13.0. The van der Waals surface area contributed by atoms with Crippen LogP contribution in [0.15, 0.2) is 35.1 Å². The van der Waals surface area contributed by atoms with E-state index in [0.29, 0.717) is 5.69 Å². The molecular formula is C17H19N3O3. The first kappa shape index (κ1) is 15.3. The third kappa shape index (κ3) is 3.59. The minimum atomic E-state index is -0.373. The Kier molecular flexibility index (Phi) is 4.41. The fourth-order valence-corrected chi connectivity index (χ4v) is 2.72. The lowest BCUT2D eigenvalue weighted by Crippen LogP contribution is -2.18. The van der Waals surface area contributed by atoms with Gasteiger partial charge in [0.2, 0.25) is 0 Å². The van der Waals surface area contributed by atoms with Gasteiger partial charge >= 0.3 is 0 Å². The Morgan fingerprint density at radius 1 is 1.26 bits per heavy atom.